The topological polar surface area (TPSA) is 20.2 Å². The van der Waals surface area contributed by atoms with Crippen molar-refractivity contribution in [1.82, 2.24) is 0 Å². The van der Waals surface area contributed by atoms with Crippen molar-refractivity contribution < 1.29 is 5.11 Å². The van der Waals surface area contributed by atoms with Crippen molar-refractivity contribution in [2.24, 2.45) is 0 Å². The average Bonchev–Trinajstić information content (AvgIpc) is 2.01. The molecule has 0 radical (unpaired) electrons. The molecule has 0 unspecified atom stereocenters. The Morgan fingerprint density at radius 2 is 2.27 bits per heavy atom. The lowest BCUT2D eigenvalue weighted by atomic mass is 10.2. The van der Waals surface area contributed by atoms with E-state index in [1.165, 1.54) is 0 Å². The highest BCUT2D eigenvalue weighted by Gasteiger charge is 1.87. The molecule has 1 heteroatoms. The van der Waals surface area contributed by atoms with E-state index >= 15 is 0 Å². The molecule has 0 saturated carbocycles. The zero-order valence-corrected chi connectivity index (χ0v) is 6.62. The van der Waals surface area contributed by atoms with Crippen LogP contribution >= 0.6 is 0 Å². The van der Waals surface area contributed by atoms with Crippen LogP contribution in [0, 0.1) is 0 Å². The maximum absolute atomic E-state index is 9.08. The van der Waals surface area contributed by atoms with Crippen molar-refractivity contribution in [1.29, 1.82) is 0 Å². The molecule has 1 aromatic rings. The van der Waals surface area contributed by atoms with Crippen LogP contribution in [0.5, 0.6) is 5.75 Å². The van der Waals surface area contributed by atoms with E-state index in [0.29, 0.717) is 5.75 Å². The predicted molar refractivity (Wildman–Crippen MR) is 47.4 cm³/mol. The Morgan fingerprint density at radius 3 is 2.91 bits per heavy atom. The van der Waals surface area contributed by atoms with E-state index in [2.05, 4.69) is 13.0 Å². The van der Waals surface area contributed by atoms with Gasteiger partial charge in [-0.1, -0.05) is 31.2 Å². The van der Waals surface area contributed by atoms with E-state index in [4.69, 9.17) is 5.11 Å². The van der Waals surface area contributed by atoms with Gasteiger partial charge in [0.05, 0.1) is 0 Å². The Hall–Kier alpha value is -1.24. The highest BCUT2D eigenvalue weighted by molar-refractivity contribution is 5.51. The molecule has 1 rings (SSSR count). The van der Waals surface area contributed by atoms with Crippen LogP contribution in [0.25, 0.3) is 6.08 Å². The maximum Gasteiger partial charge on any atom is 0.116 e. The molecule has 0 aliphatic rings. The van der Waals surface area contributed by atoms with Crippen LogP contribution in [0.3, 0.4) is 0 Å². The van der Waals surface area contributed by atoms with Gasteiger partial charge in [-0.15, -0.1) is 0 Å². The number of rotatable bonds is 2. The van der Waals surface area contributed by atoms with Crippen LogP contribution in [0.4, 0.5) is 0 Å². The van der Waals surface area contributed by atoms with Gasteiger partial charge >= 0.3 is 0 Å². The number of phenols is 1. The lowest BCUT2D eigenvalue weighted by Gasteiger charge is -1.93. The van der Waals surface area contributed by atoms with Gasteiger partial charge in [-0.3, -0.25) is 0 Å². The normalized spacial score (nSPS) is 10.6. The highest BCUT2D eigenvalue weighted by Crippen LogP contribution is 2.11. The molecule has 0 bridgehead atoms. The van der Waals surface area contributed by atoms with E-state index in [1.54, 1.807) is 12.1 Å². The summed E-state index contributed by atoms with van der Waals surface area (Å²) in [5, 5.41) is 9.08. The molecule has 0 heterocycles. The summed E-state index contributed by atoms with van der Waals surface area (Å²) < 4.78 is 0. The van der Waals surface area contributed by atoms with Crippen LogP contribution in [-0.2, 0) is 0 Å². The van der Waals surface area contributed by atoms with E-state index in [9.17, 15) is 0 Å². The highest BCUT2D eigenvalue weighted by atomic mass is 16.3. The summed E-state index contributed by atoms with van der Waals surface area (Å²) in [5.41, 5.74) is 1.05. The second-order valence-corrected chi connectivity index (χ2v) is 2.41. The molecule has 0 amide bonds. The number of phenolic OH excluding ortho intramolecular Hbond substituents is 1. The summed E-state index contributed by atoms with van der Waals surface area (Å²) in [7, 11) is 0. The Balaban J connectivity index is 2.79. The first-order valence-electron chi connectivity index (χ1n) is 3.78. The monoisotopic (exact) mass is 148 g/mol. The summed E-state index contributed by atoms with van der Waals surface area (Å²) >= 11 is 0. The summed E-state index contributed by atoms with van der Waals surface area (Å²) in [5.74, 6) is 0.322. The number of hydrogen-bond donors (Lipinski definition) is 1. The van der Waals surface area contributed by atoms with Crippen LogP contribution in [0.2, 0.25) is 0 Å². The Kier molecular flexibility index (Phi) is 2.73. The van der Waals surface area contributed by atoms with E-state index in [1.807, 2.05) is 18.2 Å². The van der Waals surface area contributed by atoms with Crippen molar-refractivity contribution in [2.45, 2.75) is 13.3 Å². The first-order chi connectivity index (χ1) is 5.33. The van der Waals surface area contributed by atoms with Crippen LogP contribution in [0.15, 0.2) is 30.3 Å². The zero-order chi connectivity index (χ0) is 8.10. The molecule has 1 aromatic carbocycles. The minimum absolute atomic E-state index is 0.322. The van der Waals surface area contributed by atoms with Gasteiger partial charge in [-0.2, -0.15) is 0 Å². The van der Waals surface area contributed by atoms with E-state index in [-0.39, 0.29) is 0 Å². The Morgan fingerprint density at radius 1 is 1.45 bits per heavy atom. The fourth-order valence-corrected chi connectivity index (χ4v) is 0.882. The molecule has 1 N–H and O–H groups in total. The standard InChI is InChI=1S/C10H12O/c1-2-3-5-9-6-4-7-10(11)8-9/h3-8,11H,2H2,1H3/b5-3+. The van der Waals surface area contributed by atoms with Gasteiger partial charge in [-0.05, 0) is 24.1 Å². The minimum Gasteiger partial charge on any atom is -0.508 e. The first kappa shape index (κ1) is 7.86. The third-order valence-corrected chi connectivity index (χ3v) is 1.42. The van der Waals surface area contributed by atoms with Crippen molar-refractivity contribution in [3.63, 3.8) is 0 Å². The molecule has 0 aliphatic carbocycles. The molecule has 11 heavy (non-hydrogen) atoms. The smallest absolute Gasteiger partial charge is 0.116 e. The third kappa shape index (κ3) is 2.46. The second-order valence-electron chi connectivity index (χ2n) is 2.41. The zero-order valence-electron chi connectivity index (χ0n) is 6.62. The largest absolute Gasteiger partial charge is 0.508 e. The van der Waals surface area contributed by atoms with Gasteiger partial charge in [0.25, 0.3) is 0 Å². The molecule has 0 aliphatic heterocycles. The molecule has 0 saturated heterocycles. The van der Waals surface area contributed by atoms with Crippen molar-refractivity contribution in [3.8, 4) is 5.75 Å². The van der Waals surface area contributed by atoms with Crippen molar-refractivity contribution >= 4 is 6.08 Å². The van der Waals surface area contributed by atoms with Crippen LogP contribution < -0.4 is 0 Å². The molecule has 0 fully saturated rings. The quantitative estimate of drug-likeness (QED) is 0.683. The number of benzene rings is 1. The molecule has 0 spiro atoms. The summed E-state index contributed by atoms with van der Waals surface area (Å²) in [6.07, 6.45) is 5.09. The van der Waals surface area contributed by atoms with E-state index in [0.717, 1.165) is 12.0 Å². The third-order valence-electron chi connectivity index (χ3n) is 1.42. The van der Waals surface area contributed by atoms with Gasteiger partial charge in [0.15, 0.2) is 0 Å². The number of hydrogen-bond acceptors (Lipinski definition) is 1. The second kappa shape index (κ2) is 3.81. The lowest BCUT2D eigenvalue weighted by molar-refractivity contribution is 0.475. The lowest BCUT2D eigenvalue weighted by Crippen LogP contribution is -1.69. The number of aromatic hydroxyl groups is 1. The molecular formula is C10H12O. The molecule has 58 valence electrons. The Bertz CT molecular complexity index is 251. The first-order valence-corrected chi connectivity index (χ1v) is 3.78. The predicted octanol–water partition coefficient (Wildman–Crippen LogP) is 2.82. The van der Waals surface area contributed by atoms with Gasteiger partial charge in [-0.25, -0.2) is 0 Å². The van der Waals surface area contributed by atoms with Gasteiger partial charge in [0.1, 0.15) is 5.75 Å². The van der Waals surface area contributed by atoms with Crippen molar-refractivity contribution in [3.05, 3.63) is 35.9 Å². The molecular weight excluding hydrogens is 136 g/mol. The molecule has 0 aromatic heterocycles. The number of allylic oxidation sites excluding steroid dienone is 1. The Labute approximate surface area is 67.0 Å². The fourth-order valence-electron chi connectivity index (χ4n) is 0.882. The van der Waals surface area contributed by atoms with Crippen LogP contribution in [-0.4, -0.2) is 5.11 Å². The maximum atomic E-state index is 9.08. The van der Waals surface area contributed by atoms with Gasteiger partial charge < -0.3 is 5.11 Å². The fraction of sp³-hybridized carbons (Fsp3) is 0.200. The minimum atomic E-state index is 0.322. The summed E-state index contributed by atoms with van der Waals surface area (Å²) in [4.78, 5) is 0. The summed E-state index contributed by atoms with van der Waals surface area (Å²) in [6, 6.07) is 7.21. The van der Waals surface area contributed by atoms with Gasteiger partial charge in [0.2, 0.25) is 0 Å². The van der Waals surface area contributed by atoms with Gasteiger partial charge in [0, 0.05) is 0 Å². The summed E-state index contributed by atoms with van der Waals surface area (Å²) in [6.45, 7) is 2.08. The SMILES string of the molecule is CC/C=C/c1cccc(O)c1. The molecule has 1 nitrogen and oxygen atoms in total. The average molecular weight is 148 g/mol. The molecule has 0 atom stereocenters. The van der Waals surface area contributed by atoms with E-state index < -0.39 is 0 Å². The van der Waals surface area contributed by atoms with Crippen LogP contribution in [0.1, 0.15) is 18.9 Å². The van der Waals surface area contributed by atoms with Crippen molar-refractivity contribution in [2.75, 3.05) is 0 Å².